The Kier molecular flexibility index (Phi) is 4.25. The van der Waals surface area contributed by atoms with Gasteiger partial charge >= 0.3 is 0 Å². The van der Waals surface area contributed by atoms with Gasteiger partial charge in [0, 0.05) is 17.6 Å². The molecule has 22 heavy (non-hydrogen) atoms. The standard InChI is InChI=1S/C14H20N4O3S/c1-9(13(19)17-14(2,3)8-15)16-12-10-6-4-5-7-11(10)22(20,21)18-12/h4-7,9H,8,15H2,1-3H3,(H,16,18)(H,17,19). The molecule has 1 atom stereocenters. The summed E-state index contributed by atoms with van der Waals surface area (Å²) in [6.45, 7) is 5.50. The fourth-order valence-electron chi connectivity index (χ4n) is 1.97. The number of rotatable bonds is 4. The zero-order valence-electron chi connectivity index (χ0n) is 12.8. The van der Waals surface area contributed by atoms with E-state index >= 15 is 0 Å². The first kappa shape index (κ1) is 16.4. The van der Waals surface area contributed by atoms with Crippen molar-refractivity contribution in [2.45, 2.75) is 37.2 Å². The molecular weight excluding hydrogens is 304 g/mol. The third-order valence-corrected chi connectivity index (χ3v) is 4.73. The maximum absolute atomic E-state index is 12.1. The first-order chi connectivity index (χ1) is 10.2. The molecule has 0 fully saturated rings. The second kappa shape index (κ2) is 5.69. The van der Waals surface area contributed by atoms with Crippen LogP contribution in [0.3, 0.4) is 0 Å². The SMILES string of the molecule is CC(N=C1NS(=O)(=O)c2ccccc21)C(=O)NC(C)(C)CN. The smallest absolute Gasteiger partial charge is 0.263 e. The molecule has 0 saturated heterocycles. The highest BCUT2D eigenvalue weighted by Crippen LogP contribution is 2.22. The second-order valence-electron chi connectivity index (χ2n) is 5.83. The highest BCUT2D eigenvalue weighted by atomic mass is 32.2. The number of sulfonamides is 1. The Labute approximate surface area is 130 Å². The number of fused-ring (bicyclic) bond motifs is 1. The van der Waals surface area contributed by atoms with Crippen LogP contribution in [-0.2, 0) is 14.8 Å². The maximum atomic E-state index is 12.1. The number of nitrogens with zero attached hydrogens (tertiary/aromatic N) is 1. The Bertz CT molecular complexity index is 725. The lowest BCUT2D eigenvalue weighted by molar-refractivity contribution is -0.123. The number of carbonyl (C=O) groups excluding carboxylic acids is 1. The number of benzene rings is 1. The van der Waals surface area contributed by atoms with E-state index in [1.165, 1.54) is 6.07 Å². The van der Waals surface area contributed by atoms with Crippen molar-refractivity contribution < 1.29 is 13.2 Å². The highest BCUT2D eigenvalue weighted by molar-refractivity contribution is 7.90. The Hall–Kier alpha value is -1.93. The van der Waals surface area contributed by atoms with E-state index in [9.17, 15) is 13.2 Å². The number of hydrogen-bond acceptors (Lipinski definition) is 5. The average molecular weight is 324 g/mol. The lowest BCUT2D eigenvalue weighted by atomic mass is 10.1. The van der Waals surface area contributed by atoms with E-state index in [0.717, 1.165) is 0 Å². The van der Waals surface area contributed by atoms with Gasteiger partial charge in [-0.2, -0.15) is 0 Å². The van der Waals surface area contributed by atoms with E-state index in [0.29, 0.717) is 5.56 Å². The predicted octanol–water partition coefficient (Wildman–Crippen LogP) is -0.0329. The van der Waals surface area contributed by atoms with Gasteiger partial charge in [-0.3, -0.25) is 14.5 Å². The van der Waals surface area contributed by atoms with Gasteiger partial charge in [0.15, 0.2) is 0 Å². The van der Waals surface area contributed by atoms with Crippen molar-refractivity contribution in [1.29, 1.82) is 0 Å². The van der Waals surface area contributed by atoms with Crippen LogP contribution in [0.5, 0.6) is 0 Å². The van der Waals surface area contributed by atoms with Gasteiger partial charge in [0.1, 0.15) is 11.9 Å². The normalized spacial score (nSPS) is 19.4. The molecule has 0 saturated carbocycles. The van der Waals surface area contributed by atoms with Crippen molar-refractivity contribution in [3.8, 4) is 0 Å². The van der Waals surface area contributed by atoms with Gasteiger partial charge in [0.05, 0.1) is 4.90 Å². The lowest BCUT2D eigenvalue weighted by Crippen LogP contribution is -2.51. The number of amides is 1. The van der Waals surface area contributed by atoms with Crippen molar-refractivity contribution in [2.24, 2.45) is 10.7 Å². The quantitative estimate of drug-likeness (QED) is 0.721. The van der Waals surface area contributed by atoms with Gasteiger partial charge in [-0.15, -0.1) is 0 Å². The summed E-state index contributed by atoms with van der Waals surface area (Å²) >= 11 is 0. The van der Waals surface area contributed by atoms with Crippen LogP contribution >= 0.6 is 0 Å². The van der Waals surface area contributed by atoms with Crippen molar-refractivity contribution in [1.82, 2.24) is 10.0 Å². The molecule has 1 heterocycles. The number of carbonyl (C=O) groups is 1. The maximum Gasteiger partial charge on any atom is 0.263 e. The van der Waals surface area contributed by atoms with Crippen LogP contribution in [0.4, 0.5) is 0 Å². The van der Waals surface area contributed by atoms with Crippen LogP contribution in [0.2, 0.25) is 0 Å². The van der Waals surface area contributed by atoms with E-state index in [1.54, 1.807) is 39.0 Å². The molecule has 0 aromatic heterocycles. The molecule has 8 heteroatoms. The van der Waals surface area contributed by atoms with Gasteiger partial charge in [0.25, 0.3) is 10.0 Å². The minimum absolute atomic E-state index is 0.170. The number of nitrogens with two attached hydrogens (primary N) is 1. The molecule has 1 amide bonds. The number of nitrogens with one attached hydrogen (secondary N) is 2. The fraction of sp³-hybridized carbons (Fsp3) is 0.429. The van der Waals surface area contributed by atoms with Gasteiger partial charge in [-0.1, -0.05) is 12.1 Å². The van der Waals surface area contributed by atoms with Crippen molar-refractivity contribution in [2.75, 3.05) is 6.54 Å². The molecule has 7 nitrogen and oxygen atoms in total. The minimum atomic E-state index is -3.60. The zero-order chi connectivity index (χ0) is 16.5. The Morgan fingerprint density at radius 1 is 1.41 bits per heavy atom. The zero-order valence-corrected chi connectivity index (χ0v) is 13.6. The molecular formula is C14H20N4O3S. The summed E-state index contributed by atoms with van der Waals surface area (Å²) in [6.07, 6.45) is 0. The lowest BCUT2D eigenvalue weighted by Gasteiger charge is -2.25. The first-order valence-corrected chi connectivity index (χ1v) is 8.37. The molecule has 1 aromatic carbocycles. The largest absolute Gasteiger partial charge is 0.348 e. The third-order valence-electron chi connectivity index (χ3n) is 3.34. The average Bonchev–Trinajstić information content (AvgIpc) is 2.70. The van der Waals surface area contributed by atoms with Crippen LogP contribution in [0.1, 0.15) is 26.3 Å². The van der Waals surface area contributed by atoms with Crippen LogP contribution in [0, 0.1) is 0 Å². The summed E-state index contributed by atoms with van der Waals surface area (Å²) in [5, 5.41) is 2.78. The molecule has 1 unspecified atom stereocenters. The van der Waals surface area contributed by atoms with E-state index in [2.05, 4.69) is 15.0 Å². The summed E-state index contributed by atoms with van der Waals surface area (Å²) in [6, 6.07) is 5.78. The Balaban J connectivity index is 2.26. The van der Waals surface area contributed by atoms with Gasteiger partial charge in [-0.25, -0.2) is 8.42 Å². The molecule has 4 N–H and O–H groups in total. The first-order valence-electron chi connectivity index (χ1n) is 6.88. The summed E-state index contributed by atoms with van der Waals surface area (Å²) in [7, 11) is -3.60. The summed E-state index contributed by atoms with van der Waals surface area (Å²) in [5.74, 6) is -0.129. The number of aliphatic imine (C=N–C) groups is 1. The monoisotopic (exact) mass is 324 g/mol. The molecule has 0 aliphatic carbocycles. The highest BCUT2D eigenvalue weighted by Gasteiger charge is 2.31. The van der Waals surface area contributed by atoms with Crippen LogP contribution in [0.25, 0.3) is 0 Å². The van der Waals surface area contributed by atoms with Crippen LogP contribution in [-0.4, -0.2) is 38.3 Å². The second-order valence-corrected chi connectivity index (χ2v) is 7.48. The molecule has 1 aromatic rings. The number of hydrogen-bond donors (Lipinski definition) is 3. The van der Waals surface area contributed by atoms with Gasteiger partial charge < -0.3 is 11.1 Å². The summed E-state index contributed by atoms with van der Waals surface area (Å²) < 4.78 is 26.3. The van der Waals surface area contributed by atoms with Gasteiger partial charge in [-0.05, 0) is 32.9 Å². The third kappa shape index (κ3) is 3.28. The van der Waals surface area contributed by atoms with E-state index in [-0.39, 0.29) is 23.2 Å². The Morgan fingerprint density at radius 2 is 2.05 bits per heavy atom. The topological polar surface area (TPSA) is 114 Å². The van der Waals surface area contributed by atoms with Crippen molar-refractivity contribution in [3.05, 3.63) is 29.8 Å². The Morgan fingerprint density at radius 3 is 2.68 bits per heavy atom. The summed E-state index contributed by atoms with van der Waals surface area (Å²) in [4.78, 5) is 16.5. The van der Waals surface area contributed by atoms with Gasteiger partial charge in [0.2, 0.25) is 5.91 Å². The molecule has 1 aliphatic heterocycles. The predicted molar refractivity (Wildman–Crippen MR) is 84.0 cm³/mol. The molecule has 1 aliphatic rings. The fourth-order valence-corrected chi connectivity index (χ4v) is 3.21. The number of amidine groups is 1. The molecule has 0 radical (unpaired) electrons. The van der Waals surface area contributed by atoms with E-state index in [1.807, 2.05) is 0 Å². The van der Waals surface area contributed by atoms with Crippen LogP contribution < -0.4 is 15.8 Å². The minimum Gasteiger partial charge on any atom is -0.348 e. The molecule has 2 rings (SSSR count). The van der Waals surface area contributed by atoms with Crippen molar-refractivity contribution >= 4 is 21.8 Å². The molecule has 0 spiro atoms. The molecule has 120 valence electrons. The summed E-state index contributed by atoms with van der Waals surface area (Å²) in [5.41, 5.74) is 5.50. The van der Waals surface area contributed by atoms with Crippen LogP contribution in [0.15, 0.2) is 34.2 Å². The van der Waals surface area contributed by atoms with E-state index in [4.69, 9.17) is 5.73 Å². The van der Waals surface area contributed by atoms with E-state index < -0.39 is 21.6 Å². The van der Waals surface area contributed by atoms with Crippen molar-refractivity contribution in [3.63, 3.8) is 0 Å². The molecule has 0 bridgehead atoms.